The average molecular weight is 340 g/mol. The summed E-state index contributed by atoms with van der Waals surface area (Å²) in [6, 6.07) is 13.9. The van der Waals surface area contributed by atoms with Crippen molar-refractivity contribution in [2.45, 2.75) is 12.3 Å². The Balaban J connectivity index is 1.44. The van der Waals surface area contributed by atoms with Crippen LogP contribution in [0.3, 0.4) is 0 Å². The summed E-state index contributed by atoms with van der Waals surface area (Å²) in [4.78, 5) is 17.4. The fraction of sp³-hybridized carbons (Fsp3) is 0.450. The van der Waals surface area contributed by atoms with Crippen molar-refractivity contribution in [3.63, 3.8) is 0 Å². The largest absolute Gasteiger partial charge is 0.469 e. The third-order valence-corrected chi connectivity index (χ3v) is 5.09. The summed E-state index contributed by atoms with van der Waals surface area (Å²) in [6.45, 7) is 5.03. The molecule has 0 radical (unpaired) electrons. The smallest absolute Gasteiger partial charge is 0.230 e. The summed E-state index contributed by atoms with van der Waals surface area (Å²) in [7, 11) is 0. The van der Waals surface area contributed by atoms with Crippen molar-refractivity contribution in [1.29, 1.82) is 0 Å². The maximum atomic E-state index is 13.1. The maximum absolute atomic E-state index is 13.1. The Morgan fingerprint density at radius 1 is 1.12 bits per heavy atom. The van der Waals surface area contributed by atoms with Crippen LogP contribution in [-0.2, 0) is 9.53 Å². The van der Waals surface area contributed by atoms with Gasteiger partial charge in [0.1, 0.15) is 5.76 Å². The number of carbonyl (C=O) groups is 1. The van der Waals surface area contributed by atoms with Crippen LogP contribution in [0.15, 0.2) is 53.1 Å². The zero-order valence-corrected chi connectivity index (χ0v) is 14.3. The number of hydrogen-bond donors (Lipinski definition) is 0. The molecular formula is C20H24N2O3. The predicted molar refractivity (Wildman–Crippen MR) is 95.6 cm³/mol. The van der Waals surface area contributed by atoms with Crippen molar-refractivity contribution in [2.75, 3.05) is 44.3 Å². The molecule has 1 saturated carbocycles. The van der Waals surface area contributed by atoms with Gasteiger partial charge in [-0.25, -0.2) is 0 Å². The first-order valence-corrected chi connectivity index (χ1v) is 9.03. The molecule has 2 atom stereocenters. The van der Waals surface area contributed by atoms with Gasteiger partial charge in [0, 0.05) is 43.7 Å². The molecule has 1 saturated heterocycles. The predicted octanol–water partition coefficient (Wildman–Crippen LogP) is 2.75. The summed E-state index contributed by atoms with van der Waals surface area (Å²) >= 11 is 0. The minimum atomic E-state index is 0.0380. The van der Waals surface area contributed by atoms with Gasteiger partial charge in [-0.1, -0.05) is 18.2 Å². The Bertz CT molecular complexity index is 680. The summed E-state index contributed by atoms with van der Waals surface area (Å²) in [6.07, 6.45) is 2.57. The average Bonchev–Trinajstić information content (AvgIpc) is 3.28. The van der Waals surface area contributed by atoms with Crippen LogP contribution >= 0.6 is 0 Å². The first-order valence-electron chi connectivity index (χ1n) is 9.03. The van der Waals surface area contributed by atoms with Crippen LogP contribution in [0.25, 0.3) is 0 Å². The highest BCUT2D eigenvalue weighted by atomic mass is 16.5. The third-order valence-electron chi connectivity index (χ3n) is 5.09. The molecule has 1 amide bonds. The van der Waals surface area contributed by atoms with E-state index in [1.807, 2.05) is 47.4 Å². The van der Waals surface area contributed by atoms with E-state index in [4.69, 9.17) is 9.15 Å². The zero-order chi connectivity index (χ0) is 17.1. The van der Waals surface area contributed by atoms with E-state index in [1.165, 1.54) is 0 Å². The molecular weight excluding hydrogens is 316 g/mol. The van der Waals surface area contributed by atoms with Crippen molar-refractivity contribution in [3.8, 4) is 0 Å². The number of benzene rings is 1. The second-order valence-electron chi connectivity index (χ2n) is 6.74. The van der Waals surface area contributed by atoms with Gasteiger partial charge in [0.2, 0.25) is 5.91 Å². The Morgan fingerprint density at radius 2 is 1.92 bits per heavy atom. The lowest BCUT2D eigenvalue weighted by molar-refractivity contribution is -0.120. The molecule has 0 bridgehead atoms. The van der Waals surface area contributed by atoms with Gasteiger partial charge in [-0.3, -0.25) is 9.69 Å². The van der Waals surface area contributed by atoms with Crippen LogP contribution in [0.2, 0.25) is 0 Å². The molecule has 2 aromatic rings. The topological polar surface area (TPSA) is 45.9 Å². The summed E-state index contributed by atoms with van der Waals surface area (Å²) in [5.41, 5.74) is 0.978. The number of nitrogens with zero attached hydrogens (tertiary/aromatic N) is 2. The fourth-order valence-corrected chi connectivity index (χ4v) is 3.53. The molecule has 5 nitrogen and oxygen atoms in total. The molecule has 5 heteroatoms. The molecule has 2 fully saturated rings. The molecule has 0 spiro atoms. The van der Waals surface area contributed by atoms with E-state index in [2.05, 4.69) is 4.90 Å². The molecule has 132 valence electrons. The Morgan fingerprint density at radius 3 is 2.64 bits per heavy atom. The SMILES string of the molecule is O=C([C@H]1C[C@@H]1c1ccco1)N(CCN1CCOCC1)c1ccccc1. The molecule has 4 rings (SSSR count). The Hall–Kier alpha value is -2.11. The van der Waals surface area contributed by atoms with Crippen LogP contribution in [0.4, 0.5) is 5.69 Å². The van der Waals surface area contributed by atoms with Gasteiger partial charge in [0.15, 0.2) is 0 Å². The second-order valence-corrected chi connectivity index (χ2v) is 6.74. The van der Waals surface area contributed by atoms with Crippen LogP contribution in [0.5, 0.6) is 0 Å². The molecule has 1 aromatic carbocycles. The van der Waals surface area contributed by atoms with E-state index >= 15 is 0 Å². The molecule has 25 heavy (non-hydrogen) atoms. The number of para-hydroxylation sites is 1. The van der Waals surface area contributed by atoms with E-state index in [1.54, 1.807) is 6.26 Å². The maximum Gasteiger partial charge on any atom is 0.230 e. The standard InChI is InChI=1S/C20H24N2O3/c23-20(18-15-17(18)19-7-4-12-25-19)22(16-5-2-1-3-6-16)9-8-21-10-13-24-14-11-21/h1-7,12,17-18H,8-11,13-15H2/t17-,18-/m0/s1. The minimum Gasteiger partial charge on any atom is -0.469 e. The highest BCUT2D eigenvalue weighted by Gasteiger charge is 2.47. The number of furan rings is 1. The van der Waals surface area contributed by atoms with Crippen molar-refractivity contribution >= 4 is 11.6 Å². The number of carbonyl (C=O) groups excluding carboxylic acids is 1. The Labute approximate surface area is 148 Å². The van der Waals surface area contributed by atoms with Crippen LogP contribution < -0.4 is 4.90 Å². The van der Waals surface area contributed by atoms with Gasteiger partial charge in [-0.05, 0) is 30.7 Å². The summed E-state index contributed by atoms with van der Waals surface area (Å²) in [5, 5.41) is 0. The first-order chi connectivity index (χ1) is 12.3. The first kappa shape index (κ1) is 16.4. The molecule has 1 aliphatic heterocycles. The third kappa shape index (κ3) is 3.78. The minimum absolute atomic E-state index is 0.0380. The second kappa shape index (κ2) is 7.42. The van der Waals surface area contributed by atoms with Crippen LogP contribution in [0, 0.1) is 5.92 Å². The van der Waals surface area contributed by atoms with E-state index in [-0.39, 0.29) is 17.7 Å². The summed E-state index contributed by atoms with van der Waals surface area (Å²) < 4.78 is 10.9. The molecule has 1 aromatic heterocycles. The van der Waals surface area contributed by atoms with Crippen molar-refractivity contribution in [3.05, 3.63) is 54.5 Å². The lowest BCUT2D eigenvalue weighted by Crippen LogP contribution is -2.43. The van der Waals surface area contributed by atoms with Crippen LogP contribution in [0.1, 0.15) is 18.1 Å². The highest BCUT2D eigenvalue weighted by Crippen LogP contribution is 2.49. The zero-order valence-electron chi connectivity index (χ0n) is 14.3. The number of amides is 1. The molecule has 2 heterocycles. The quantitative estimate of drug-likeness (QED) is 0.811. The number of anilines is 1. The lowest BCUT2D eigenvalue weighted by Gasteiger charge is -2.30. The van der Waals surface area contributed by atoms with Gasteiger partial charge in [-0.2, -0.15) is 0 Å². The molecule has 0 N–H and O–H groups in total. The number of hydrogen-bond acceptors (Lipinski definition) is 4. The summed E-state index contributed by atoms with van der Waals surface area (Å²) in [5.74, 6) is 1.41. The highest BCUT2D eigenvalue weighted by molar-refractivity contribution is 5.97. The molecule has 1 aliphatic carbocycles. The van der Waals surface area contributed by atoms with Gasteiger partial charge in [0.25, 0.3) is 0 Å². The molecule has 2 aliphatic rings. The number of rotatable bonds is 6. The normalized spacial score (nSPS) is 23.4. The van der Waals surface area contributed by atoms with Gasteiger partial charge in [-0.15, -0.1) is 0 Å². The Kier molecular flexibility index (Phi) is 4.85. The van der Waals surface area contributed by atoms with Crippen LogP contribution in [-0.4, -0.2) is 50.2 Å². The monoisotopic (exact) mass is 340 g/mol. The number of ether oxygens (including phenoxy) is 1. The van der Waals surface area contributed by atoms with Crippen molar-refractivity contribution < 1.29 is 13.9 Å². The van der Waals surface area contributed by atoms with E-state index in [0.717, 1.165) is 50.7 Å². The van der Waals surface area contributed by atoms with E-state index in [9.17, 15) is 4.79 Å². The van der Waals surface area contributed by atoms with Gasteiger partial charge >= 0.3 is 0 Å². The van der Waals surface area contributed by atoms with Crippen molar-refractivity contribution in [1.82, 2.24) is 4.90 Å². The van der Waals surface area contributed by atoms with E-state index < -0.39 is 0 Å². The van der Waals surface area contributed by atoms with E-state index in [0.29, 0.717) is 6.54 Å². The fourth-order valence-electron chi connectivity index (χ4n) is 3.53. The van der Waals surface area contributed by atoms with Gasteiger partial charge in [0.05, 0.1) is 19.5 Å². The van der Waals surface area contributed by atoms with Crippen molar-refractivity contribution in [2.24, 2.45) is 5.92 Å². The van der Waals surface area contributed by atoms with Gasteiger partial charge < -0.3 is 14.1 Å². The molecule has 0 unspecified atom stereocenters. The number of morpholine rings is 1. The lowest BCUT2D eigenvalue weighted by atomic mass is 10.2.